The maximum atomic E-state index is 2.33. The van der Waals surface area contributed by atoms with Gasteiger partial charge in [0.2, 0.25) is 0 Å². The van der Waals surface area contributed by atoms with Crippen LogP contribution in [0.5, 0.6) is 0 Å². The van der Waals surface area contributed by atoms with Crippen molar-refractivity contribution in [2.45, 2.75) is 32.6 Å². The average Bonchev–Trinajstić information content (AvgIpc) is 2.76. The molecule has 2 rings (SSSR count). The van der Waals surface area contributed by atoms with Crippen LogP contribution in [0.3, 0.4) is 0 Å². The SMILES string of the molecule is CCCCC1CCP(c2ccccc2)C1. The van der Waals surface area contributed by atoms with Crippen LogP contribution in [0.15, 0.2) is 30.3 Å². The molecule has 0 nitrogen and oxygen atoms in total. The molecular weight excluding hydrogens is 199 g/mol. The number of benzene rings is 1. The fourth-order valence-electron chi connectivity index (χ4n) is 2.43. The van der Waals surface area contributed by atoms with Crippen molar-refractivity contribution in [1.82, 2.24) is 0 Å². The highest BCUT2D eigenvalue weighted by molar-refractivity contribution is 7.65. The predicted octanol–water partition coefficient (Wildman–Crippen LogP) is 4.00. The lowest BCUT2D eigenvalue weighted by Gasteiger charge is -2.11. The van der Waals surface area contributed by atoms with Crippen molar-refractivity contribution < 1.29 is 0 Å². The molecule has 1 aromatic rings. The molecule has 0 aromatic heterocycles. The maximum absolute atomic E-state index is 2.33. The van der Waals surface area contributed by atoms with Gasteiger partial charge < -0.3 is 0 Å². The molecule has 82 valence electrons. The molecule has 2 atom stereocenters. The first-order valence-corrected chi connectivity index (χ1v) is 7.91. The van der Waals surface area contributed by atoms with Crippen LogP contribution in [0.1, 0.15) is 32.6 Å². The molecule has 1 heterocycles. The molecule has 0 bridgehead atoms. The van der Waals surface area contributed by atoms with Crippen LogP contribution >= 0.6 is 7.92 Å². The first-order chi connectivity index (χ1) is 7.40. The highest BCUT2D eigenvalue weighted by atomic mass is 31.1. The monoisotopic (exact) mass is 220 g/mol. The third kappa shape index (κ3) is 3.05. The Hall–Kier alpha value is -0.350. The Kier molecular flexibility index (Phi) is 4.20. The zero-order valence-corrected chi connectivity index (χ0v) is 10.5. The first-order valence-electron chi connectivity index (χ1n) is 6.20. The van der Waals surface area contributed by atoms with E-state index in [9.17, 15) is 0 Å². The van der Waals surface area contributed by atoms with Crippen LogP contribution in [-0.2, 0) is 0 Å². The lowest BCUT2D eigenvalue weighted by Crippen LogP contribution is -2.02. The standard InChI is InChI=1S/C14H21P/c1-2-3-7-13-10-11-15(12-13)14-8-5-4-6-9-14/h4-6,8-9,13H,2-3,7,10-12H2,1H3. The van der Waals surface area contributed by atoms with Gasteiger partial charge in [0.1, 0.15) is 0 Å². The molecule has 1 heteroatoms. The molecule has 15 heavy (non-hydrogen) atoms. The Morgan fingerprint density at radius 2 is 2.07 bits per heavy atom. The van der Waals surface area contributed by atoms with Gasteiger partial charge >= 0.3 is 0 Å². The summed E-state index contributed by atoms with van der Waals surface area (Å²) < 4.78 is 0. The second kappa shape index (κ2) is 5.66. The second-order valence-corrected chi connectivity index (χ2v) is 6.99. The van der Waals surface area contributed by atoms with Gasteiger partial charge in [-0.3, -0.25) is 0 Å². The summed E-state index contributed by atoms with van der Waals surface area (Å²) in [6.45, 7) is 2.30. The van der Waals surface area contributed by atoms with E-state index >= 15 is 0 Å². The van der Waals surface area contributed by atoms with E-state index in [1.165, 1.54) is 38.0 Å². The molecule has 1 aromatic carbocycles. The summed E-state index contributed by atoms with van der Waals surface area (Å²) in [4.78, 5) is 0. The van der Waals surface area contributed by atoms with Gasteiger partial charge in [0.25, 0.3) is 0 Å². The number of unbranched alkanes of at least 4 members (excludes halogenated alkanes) is 1. The van der Waals surface area contributed by atoms with Gasteiger partial charge in [-0.1, -0.05) is 64.4 Å². The van der Waals surface area contributed by atoms with Crippen molar-refractivity contribution in [3.63, 3.8) is 0 Å². The summed E-state index contributed by atoms with van der Waals surface area (Å²) >= 11 is 0. The fraction of sp³-hybridized carbons (Fsp3) is 0.571. The fourth-order valence-corrected chi connectivity index (χ4v) is 5.35. The Morgan fingerprint density at radius 1 is 1.27 bits per heavy atom. The normalized spacial score (nSPS) is 25.7. The highest BCUT2D eigenvalue weighted by Crippen LogP contribution is 2.46. The molecule has 0 N–H and O–H groups in total. The predicted molar refractivity (Wildman–Crippen MR) is 70.4 cm³/mol. The highest BCUT2D eigenvalue weighted by Gasteiger charge is 2.24. The average molecular weight is 220 g/mol. The molecular formula is C14H21P. The minimum absolute atomic E-state index is 0.204. The minimum atomic E-state index is 0.204. The molecule has 2 unspecified atom stereocenters. The summed E-state index contributed by atoms with van der Waals surface area (Å²) in [6, 6.07) is 11.2. The summed E-state index contributed by atoms with van der Waals surface area (Å²) in [5.74, 6) is 1.04. The van der Waals surface area contributed by atoms with Crippen LogP contribution in [0.2, 0.25) is 0 Å². The third-order valence-electron chi connectivity index (χ3n) is 3.37. The second-order valence-electron chi connectivity index (χ2n) is 4.58. The molecule has 0 radical (unpaired) electrons. The molecule has 1 aliphatic rings. The zero-order chi connectivity index (χ0) is 10.5. The third-order valence-corrected chi connectivity index (χ3v) is 6.16. The van der Waals surface area contributed by atoms with Crippen LogP contribution in [-0.4, -0.2) is 12.3 Å². The number of hydrogen-bond acceptors (Lipinski definition) is 0. The van der Waals surface area contributed by atoms with E-state index in [2.05, 4.69) is 37.3 Å². The zero-order valence-electron chi connectivity index (χ0n) is 9.65. The summed E-state index contributed by atoms with van der Waals surface area (Å²) in [7, 11) is 0.204. The van der Waals surface area contributed by atoms with Gasteiger partial charge in [-0.15, -0.1) is 0 Å². The lowest BCUT2D eigenvalue weighted by molar-refractivity contribution is 0.517. The van der Waals surface area contributed by atoms with Crippen molar-refractivity contribution in [3.8, 4) is 0 Å². The molecule has 0 spiro atoms. The molecule has 1 fully saturated rings. The van der Waals surface area contributed by atoms with Crippen molar-refractivity contribution in [1.29, 1.82) is 0 Å². The van der Waals surface area contributed by atoms with E-state index in [0.717, 1.165) is 5.92 Å². The largest absolute Gasteiger partial charge is 0.0750 e. The van der Waals surface area contributed by atoms with Gasteiger partial charge in [0.05, 0.1) is 0 Å². The van der Waals surface area contributed by atoms with Crippen molar-refractivity contribution >= 4 is 13.2 Å². The first kappa shape index (κ1) is 11.1. The Labute approximate surface area is 94.8 Å². The number of hydrogen-bond donors (Lipinski definition) is 0. The van der Waals surface area contributed by atoms with Crippen molar-refractivity contribution in [2.24, 2.45) is 5.92 Å². The van der Waals surface area contributed by atoms with Crippen LogP contribution < -0.4 is 5.30 Å². The minimum Gasteiger partial charge on any atom is -0.0750 e. The van der Waals surface area contributed by atoms with Gasteiger partial charge in [-0.25, -0.2) is 0 Å². The van der Waals surface area contributed by atoms with E-state index in [1.54, 1.807) is 5.30 Å². The summed E-state index contributed by atoms with van der Waals surface area (Å²) in [5.41, 5.74) is 0. The number of rotatable bonds is 4. The van der Waals surface area contributed by atoms with E-state index in [0.29, 0.717) is 0 Å². The van der Waals surface area contributed by atoms with Crippen molar-refractivity contribution in [2.75, 3.05) is 12.3 Å². The molecule has 0 aliphatic carbocycles. The Bertz CT molecular complexity index is 281. The molecule has 1 saturated heterocycles. The molecule has 1 aliphatic heterocycles. The van der Waals surface area contributed by atoms with Gasteiger partial charge in [0, 0.05) is 0 Å². The molecule has 0 saturated carbocycles. The maximum Gasteiger partial charge on any atom is -0.0240 e. The molecule has 0 amide bonds. The van der Waals surface area contributed by atoms with Crippen LogP contribution in [0.25, 0.3) is 0 Å². The lowest BCUT2D eigenvalue weighted by atomic mass is 10.0. The summed E-state index contributed by atoms with van der Waals surface area (Å²) in [5, 5.41) is 1.63. The van der Waals surface area contributed by atoms with E-state index < -0.39 is 0 Å². The van der Waals surface area contributed by atoms with Gasteiger partial charge in [0.15, 0.2) is 0 Å². The van der Waals surface area contributed by atoms with E-state index in [-0.39, 0.29) is 7.92 Å². The topological polar surface area (TPSA) is 0 Å². The smallest absolute Gasteiger partial charge is 0.0240 e. The Balaban J connectivity index is 1.87. The van der Waals surface area contributed by atoms with Crippen molar-refractivity contribution in [3.05, 3.63) is 30.3 Å². The van der Waals surface area contributed by atoms with E-state index in [4.69, 9.17) is 0 Å². The quantitative estimate of drug-likeness (QED) is 0.673. The van der Waals surface area contributed by atoms with Crippen LogP contribution in [0.4, 0.5) is 0 Å². The Morgan fingerprint density at radius 3 is 2.80 bits per heavy atom. The van der Waals surface area contributed by atoms with E-state index in [1.807, 2.05) is 0 Å². The van der Waals surface area contributed by atoms with Gasteiger partial charge in [-0.05, 0) is 30.0 Å². The van der Waals surface area contributed by atoms with Crippen LogP contribution in [0, 0.1) is 5.92 Å². The summed E-state index contributed by atoms with van der Waals surface area (Å²) in [6.07, 6.45) is 8.73. The van der Waals surface area contributed by atoms with Gasteiger partial charge in [-0.2, -0.15) is 0 Å².